The van der Waals surface area contributed by atoms with Crippen LogP contribution in [0.25, 0.3) is 10.8 Å². The molecular weight excluding hydrogens is 412 g/mol. The van der Waals surface area contributed by atoms with E-state index in [9.17, 15) is 9.59 Å². The van der Waals surface area contributed by atoms with Crippen molar-refractivity contribution in [2.24, 2.45) is 0 Å². The fourth-order valence-electron chi connectivity index (χ4n) is 2.81. The van der Waals surface area contributed by atoms with Crippen molar-refractivity contribution in [1.82, 2.24) is 0 Å². The van der Waals surface area contributed by atoms with Crippen LogP contribution in [0.4, 0.5) is 0 Å². The number of rotatable bonds is 5. The van der Waals surface area contributed by atoms with E-state index in [4.69, 9.17) is 9.47 Å². The zero-order valence-corrected chi connectivity index (χ0v) is 16.4. The van der Waals surface area contributed by atoms with Gasteiger partial charge in [0.1, 0.15) is 11.5 Å². The smallest absolute Gasteiger partial charge is 0.337 e. The minimum absolute atomic E-state index is 0.0564. The lowest BCUT2D eigenvalue weighted by Crippen LogP contribution is -2.12. The molecule has 0 heterocycles. The average molecular weight is 429 g/mol. The molecule has 5 nitrogen and oxygen atoms in total. The highest BCUT2D eigenvalue weighted by Gasteiger charge is 2.15. The van der Waals surface area contributed by atoms with Crippen LogP contribution in [-0.2, 0) is 16.0 Å². The van der Waals surface area contributed by atoms with Gasteiger partial charge in [0.2, 0.25) is 0 Å². The highest BCUT2D eigenvalue weighted by atomic mass is 79.9. The van der Waals surface area contributed by atoms with Gasteiger partial charge in [0.25, 0.3) is 0 Å². The number of hydrogen-bond acceptors (Lipinski definition) is 5. The van der Waals surface area contributed by atoms with Gasteiger partial charge in [0.05, 0.1) is 26.2 Å². The Bertz CT molecular complexity index is 995. The Morgan fingerprint density at radius 2 is 1.70 bits per heavy atom. The molecule has 0 saturated carbocycles. The van der Waals surface area contributed by atoms with Gasteiger partial charge in [-0.2, -0.15) is 0 Å². The molecule has 0 amide bonds. The summed E-state index contributed by atoms with van der Waals surface area (Å²) >= 11 is 3.45. The standard InChI is InChI=1S/C21H17BrO5/c1-25-19-10-5-14-11-15(22)6-9-17(14)18(19)12-20(23)27-16-7-3-13(4-8-16)21(24)26-2/h3-11H,12H2,1-2H3. The lowest BCUT2D eigenvalue weighted by Gasteiger charge is -2.12. The molecule has 0 aliphatic carbocycles. The maximum Gasteiger partial charge on any atom is 0.337 e. The molecule has 0 unspecified atom stereocenters. The van der Waals surface area contributed by atoms with Crippen molar-refractivity contribution in [2.75, 3.05) is 14.2 Å². The first-order chi connectivity index (χ1) is 13.0. The van der Waals surface area contributed by atoms with Gasteiger partial charge in [-0.3, -0.25) is 4.79 Å². The van der Waals surface area contributed by atoms with Crippen molar-refractivity contribution < 1.29 is 23.8 Å². The maximum absolute atomic E-state index is 12.5. The van der Waals surface area contributed by atoms with E-state index in [0.29, 0.717) is 17.1 Å². The molecule has 0 fully saturated rings. The SMILES string of the molecule is COC(=O)c1ccc(OC(=O)Cc2c(OC)ccc3cc(Br)ccc23)cc1. The number of fused-ring (bicyclic) bond motifs is 1. The summed E-state index contributed by atoms with van der Waals surface area (Å²) in [6.07, 6.45) is 0.0564. The van der Waals surface area contributed by atoms with E-state index >= 15 is 0 Å². The Morgan fingerprint density at radius 3 is 2.37 bits per heavy atom. The Balaban J connectivity index is 1.82. The number of hydrogen-bond donors (Lipinski definition) is 0. The zero-order valence-electron chi connectivity index (χ0n) is 14.8. The van der Waals surface area contributed by atoms with E-state index in [1.54, 1.807) is 31.4 Å². The van der Waals surface area contributed by atoms with Crippen molar-refractivity contribution in [3.8, 4) is 11.5 Å². The van der Waals surface area contributed by atoms with Gasteiger partial charge in [-0.1, -0.05) is 28.1 Å². The van der Waals surface area contributed by atoms with Crippen molar-refractivity contribution in [3.63, 3.8) is 0 Å². The third-order valence-electron chi connectivity index (χ3n) is 4.10. The average Bonchev–Trinajstić information content (AvgIpc) is 2.68. The minimum atomic E-state index is -0.445. The second-order valence-electron chi connectivity index (χ2n) is 5.78. The Kier molecular flexibility index (Phi) is 5.76. The summed E-state index contributed by atoms with van der Waals surface area (Å²) in [6.45, 7) is 0. The van der Waals surface area contributed by atoms with Gasteiger partial charge in [0, 0.05) is 10.0 Å². The molecule has 3 aromatic rings. The Morgan fingerprint density at radius 1 is 0.963 bits per heavy atom. The van der Waals surface area contributed by atoms with Crippen molar-refractivity contribution >= 4 is 38.6 Å². The number of ether oxygens (including phenoxy) is 3. The van der Waals surface area contributed by atoms with Crippen LogP contribution in [0.3, 0.4) is 0 Å². The van der Waals surface area contributed by atoms with Crippen molar-refractivity contribution in [3.05, 3.63) is 70.2 Å². The third-order valence-corrected chi connectivity index (χ3v) is 4.59. The van der Waals surface area contributed by atoms with E-state index < -0.39 is 11.9 Å². The molecule has 27 heavy (non-hydrogen) atoms. The van der Waals surface area contributed by atoms with Crippen molar-refractivity contribution in [1.29, 1.82) is 0 Å². The summed E-state index contributed by atoms with van der Waals surface area (Å²) in [5.41, 5.74) is 1.15. The molecule has 3 aromatic carbocycles. The van der Waals surface area contributed by atoms with Crippen LogP contribution < -0.4 is 9.47 Å². The van der Waals surface area contributed by atoms with Crippen LogP contribution in [0.15, 0.2) is 59.1 Å². The number of esters is 2. The van der Waals surface area contributed by atoms with E-state index in [1.165, 1.54) is 7.11 Å². The highest BCUT2D eigenvalue weighted by molar-refractivity contribution is 9.10. The van der Waals surface area contributed by atoms with Crippen LogP contribution in [0.5, 0.6) is 11.5 Å². The maximum atomic E-state index is 12.5. The molecule has 0 radical (unpaired) electrons. The van der Waals surface area contributed by atoms with Crippen LogP contribution in [-0.4, -0.2) is 26.2 Å². The lowest BCUT2D eigenvalue weighted by molar-refractivity contribution is -0.133. The van der Waals surface area contributed by atoms with Gasteiger partial charge >= 0.3 is 11.9 Å². The summed E-state index contributed by atoms with van der Waals surface area (Å²) in [6, 6.07) is 15.8. The zero-order chi connectivity index (χ0) is 19.4. The number of carbonyl (C=O) groups is 2. The summed E-state index contributed by atoms with van der Waals surface area (Å²) in [7, 11) is 2.88. The molecule has 3 rings (SSSR count). The molecule has 0 saturated heterocycles. The topological polar surface area (TPSA) is 61.8 Å². The van der Waals surface area contributed by atoms with Gasteiger partial charge < -0.3 is 14.2 Å². The first kappa shape index (κ1) is 18.9. The van der Waals surface area contributed by atoms with Crippen molar-refractivity contribution in [2.45, 2.75) is 6.42 Å². The molecule has 0 spiro atoms. The molecule has 6 heteroatoms. The molecule has 0 aliphatic rings. The van der Waals surface area contributed by atoms with Crippen LogP contribution >= 0.6 is 15.9 Å². The largest absolute Gasteiger partial charge is 0.496 e. The summed E-state index contributed by atoms with van der Waals surface area (Å²) < 4.78 is 16.4. The lowest BCUT2D eigenvalue weighted by atomic mass is 10.0. The quantitative estimate of drug-likeness (QED) is 0.440. The van der Waals surface area contributed by atoms with Gasteiger partial charge in [-0.15, -0.1) is 0 Å². The van der Waals surface area contributed by atoms with Gasteiger partial charge in [-0.25, -0.2) is 4.79 Å². The normalized spacial score (nSPS) is 10.5. The predicted octanol–water partition coefficient (Wildman–Crippen LogP) is 4.55. The Hall–Kier alpha value is -2.86. The first-order valence-electron chi connectivity index (χ1n) is 8.16. The van der Waals surface area contributed by atoms with Gasteiger partial charge in [0.15, 0.2) is 0 Å². The number of carbonyl (C=O) groups excluding carboxylic acids is 2. The summed E-state index contributed by atoms with van der Waals surface area (Å²) in [5, 5.41) is 1.92. The second kappa shape index (κ2) is 8.22. The fraction of sp³-hybridized carbons (Fsp3) is 0.143. The number of halogens is 1. The summed E-state index contributed by atoms with van der Waals surface area (Å²) in [5.74, 6) is 0.117. The molecule has 0 N–H and O–H groups in total. The number of methoxy groups -OCH3 is 2. The molecular formula is C21H17BrO5. The van der Waals surface area contributed by atoms with E-state index in [2.05, 4.69) is 20.7 Å². The first-order valence-corrected chi connectivity index (χ1v) is 8.95. The molecule has 0 atom stereocenters. The molecule has 0 bridgehead atoms. The minimum Gasteiger partial charge on any atom is -0.496 e. The van der Waals surface area contributed by atoms with Crippen LogP contribution in [0.2, 0.25) is 0 Å². The monoisotopic (exact) mass is 428 g/mol. The fourth-order valence-corrected chi connectivity index (χ4v) is 3.19. The number of benzene rings is 3. The van der Waals surface area contributed by atoms with E-state index in [0.717, 1.165) is 20.8 Å². The van der Waals surface area contributed by atoms with Crippen LogP contribution in [0.1, 0.15) is 15.9 Å². The van der Waals surface area contributed by atoms with E-state index in [-0.39, 0.29) is 6.42 Å². The predicted molar refractivity (Wildman–Crippen MR) is 105 cm³/mol. The van der Waals surface area contributed by atoms with Gasteiger partial charge in [-0.05, 0) is 53.2 Å². The molecule has 0 aromatic heterocycles. The molecule has 0 aliphatic heterocycles. The van der Waals surface area contributed by atoms with Crippen LogP contribution in [0, 0.1) is 0 Å². The molecule has 138 valence electrons. The third kappa shape index (κ3) is 4.28. The van der Waals surface area contributed by atoms with E-state index in [1.807, 2.05) is 30.3 Å². The highest BCUT2D eigenvalue weighted by Crippen LogP contribution is 2.30. The Labute approximate surface area is 165 Å². The second-order valence-corrected chi connectivity index (χ2v) is 6.69. The summed E-state index contributed by atoms with van der Waals surface area (Å²) in [4.78, 5) is 23.9.